The topological polar surface area (TPSA) is 44.8 Å². The van der Waals surface area contributed by atoms with E-state index in [0.29, 0.717) is 0 Å². The van der Waals surface area contributed by atoms with Crippen LogP contribution in [0.15, 0.2) is 0 Å². The number of rotatable bonds is 9. The second-order valence-corrected chi connectivity index (χ2v) is 8.72. The maximum Gasteiger partial charge on any atom is 0.483 e. The molecule has 0 heterocycles. The average Bonchev–Trinajstić information content (AvgIpc) is 2.26. The molecule has 14 heteroatoms. The zero-order chi connectivity index (χ0) is 16.2. The fourth-order valence-electron chi connectivity index (χ4n) is 0.620. The van der Waals surface area contributed by atoms with Gasteiger partial charge in [0.15, 0.2) is 0 Å². The Balaban J connectivity index is 5.29. The fraction of sp³-hybridized carbons (Fsp3) is 1.00. The summed E-state index contributed by atoms with van der Waals surface area (Å²) in [6.45, 7) is -4.81. The molecule has 0 bridgehead atoms. The van der Waals surface area contributed by atoms with E-state index in [-0.39, 0.29) is 0 Å². The van der Waals surface area contributed by atoms with E-state index in [2.05, 4.69) is 13.6 Å². The maximum atomic E-state index is 12.4. The van der Waals surface area contributed by atoms with Crippen molar-refractivity contribution in [1.82, 2.24) is 0 Å². The Labute approximate surface area is 142 Å². The SMILES string of the molecule is O=P(OC(Cl)(Cl)CF)(OC(Cl)(Cl)CF)OC(Cl)(Cl)CF. The first-order chi connectivity index (χ1) is 8.80. The molecule has 0 aliphatic carbocycles. The first kappa shape index (κ1) is 21.6. The van der Waals surface area contributed by atoms with Crippen molar-refractivity contribution < 1.29 is 31.3 Å². The van der Waals surface area contributed by atoms with E-state index in [9.17, 15) is 17.7 Å². The molecular weight excluding hydrogens is 437 g/mol. The van der Waals surface area contributed by atoms with E-state index in [1.807, 2.05) is 0 Å². The number of alkyl halides is 9. The molecule has 122 valence electrons. The molecule has 4 nitrogen and oxygen atoms in total. The van der Waals surface area contributed by atoms with Crippen molar-refractivity contribution in [3.63, 3.8) is 0 Å². The second-order valence-electron chi connectivity index (χ2n) is 3.03. The van der Waals surface area contributed by atoms with Gasteiger partial charge in [-0.25, -0.2) is 31.3 Å². The molecule has 0 aliphatic heterocycles. The van der Waals surface area contributed by atoms with Crippen LogP contribution in [0.4, 0.5) is 13.2 Å². The summed E-state index contributed by atoms with van der Waals surface area (Å²) in [6, 6.07) is 0. The maximum absolute atomic E-state index is 12.4. The van der Waals surface area contributed by atoms with Crippen LogP contribution in [-0.2, 0) is 18.1 Å². The van der Waals surface area contributed by atoms with E-state index in [1.54, 1.807) is 0 Å². The Bertz CT molecular complexity index is 318. The summed E-state index contributed by atoms with van der Waals surface area (Å²) >= 11 is 31.4. The van der Waals surface area contributed by atoms with Gasteiger partial charge in [-0.05, 0) is 0 Å². The molecule has 0 rings (SSSR count). The Hall–Kier alpha value is 1.64. The van der Waals surface area contributed by atoms with Gasteiger partial charge in [-0.2, -0.15) is 0 Å². The van der Waals surface area contributed by atoms with Gasteiger partial charge in [-0.3, -0.25) is 0 Å². The summed E-state index contributed by atoms with van der Waals surface area (Å²) in [7, 11) is -5.15. The van der Waals surface area contributed by atoms with Crippen LogP contribution in [0.25, 0.3) is 0 Å². The predicted molar refractivity (Wildman–Crippen MR) is 72.1 cm³/mol. The van der Waals surface area contributed by atoms with Crippen molar-refractivity contribution >= 4 is 77.4 Å². The summed E-state index contributed by atoms with van der Waals surface area (Å²) in [6.07, 6.45) is 0. The molecule has 0 atom stereocenters. The third-order valence-corrected chi connectivity index (χ3v) is 4.52. The zero-order valence-electron chi connectivity index (χ0n) is 9.10. The Morgan fingerprint density at radius 3 is 1.05 bits per heavy atom. The standard InChI is InChI=1S/C6H6Cl6F3O4P/c7-4(8,1-13)17-20(16,18-5(9,10)2-14)19-6(11,12)3-15/h1-3H2. The summed E-state index contributed by atoms with van der Waals surface area (Å²) in [4.78, 5) is 0. The molecule has 0 aromatic carbocycles. The van der Waals surface area contributed by atoms with Gasteiger partial charge in [0.05, 0.1) is 0 Å². The van der Waals surface area contributed by atoms with Crippen molar-refractivity contribution in [3.8, 4) is 0 Å². The number of phosphoric acid groups is 1. The predicted octanol–water partition coefficient (Wildman–Crippen LogP) is 5.45. The highest BCUT2D eigenvalue weighted by atomic mass is 35.5. The lowest BCUT2D eigenvalue weighted by Gasteiger charge is -2.30. The highest BCUT2D eigenvalue weighted by Crippen LogP contribution is 2.61. The molecule has 0 unspecified atom stereocenters. The van der Waals surface area contributed by atoms with Gasteiger partial charge in [0, 0.05) is 0 Å². The van der Waals surface area contributed by atoms with E-state index in [1.165, 1.54) is 0 Å². The number of halogens is 9. The van der Waals surface area contributed by atoms with Crippen molar-refractivity contribution in [2.24, 2.45) is 0 Å². The van der Waals surface area contributed by atoms with Crippen LogP contribution in [0.2, 0.25) is 0 Å². The average molecular weight is 443 g/mol. The van der Waals surface area contributed by atoms with Gasteiger partial charge < -0.3 is 0 Å². The molecule has 0 saturated heterocycles. The van der Waals surface area contributed by atoms with Crippen molar-refractivity contribution in [2.75, 3.05) is 20.0 Å². The summed E-state index contributed by atoms with van der Waals surface area (Å²) in [5.74, 6) is 0. The van der Waals surface area contributed by atoms with E-state index in [4.69, 9.17) is 69.6 Å². The third-order valence-electron chi connectivity index (χ3n) is 1.20. The second kappa shape index (κ2) is 7.95. The molecule has 0 saturated carbocycles. The van der Waals surface area contributed by atoms with Gasteiger partial charge in [0.1, 0.15) is 20.0 Å². The van der Waals surface area contributed by atoms with E-state index in [0.717, 1.165) is 0 Å². The van der Waals surface area contributed by atoms with Crippen LogP contribution in [-0.4, -0.2) is 33.6 Å². The summed E-state index contributed by atoms with van der Waals surface area (Å²) < 4.78 is 53.8. The first-order valence-electron chi connectivity index (χ1n) is 4.34. The van der Waals surface area contributed by atoms with Crippen LogP contribution in [0.1, 0.15) is 0 Å². The lowest BCUT2D eigenvalue weighted by molar-refractivity contribution is 0.0376. The van der Waals surface area contributed by atoms with Crippen molar-refractivity contribution in [3.05, 3.63) is 0 Å². The van der Waals surface area contributed by atoms with E-state index >= 15 is 0 Å². The zero-order valence-corrected chi connectivity index (χ0v) is 14.5. The Kier molecular flexibility index (Phi) is 8.60. The summed E-state index contributed by atoms with van der Waals surface area (Å²) in [5, 5.41) is 0. The van der Waals surface area contributed by atoms with Gasteiger partial charge >= 0.3 is 7.82 Å². The lowest BCUT2D eigenvalue weighted by atomic mass is 10.8. The molecule has 20 heavy (non-hydrogen) atoms. The Morgan fingerprint density at radius 2 is 0.900 bits per heavy atom. The molecule has 0 aliphatic rings. The minimum absolute atomic E-state index is 1.60. The largest absolute Gasteiger partial charge is 0.483 e. The summed E-state index contributed by atoms with van der Waals surface area (Å²) in [5.41, 5.74) is 0. The molecule has 0 aromatic rings. The minimum Gasteiger partial charge on any atom is -0.246 e. The minimum atomic E-state index is -5.15. The normalized spacial score (nSPS) is 14.7. The first-order valence-corrected chi connectivity index (χ1v) is 8.07. The highest BCUT2D eigenvalue weighted by Gasteiger charge is 2.49. The number of hydrogen-bond acceptors (Lipinski definition) is 4. The third kappa shape index (κ3) is 8.32. The molecular formula is C6H6Cl6F3O4P. The fourth-order valence-corrected chi connectivity index (χ4v) is 3.38. The van der Waals surface area contributed by atoms with Gasteiger partial charge in [0.25, 0.3) is 13.6 Å². The molecule has 0 spiro atoms. The van der Waals surface area contributed by atoms with Gasteiger partial charge in [-0.1, -0.05) is 69.6 Å². The molecule has 0 aromatic heterocycles. The van der Waals surface area contributed by atoms with Crippen LogP contribution in [0, 0.1) is 0 Å². The quantitative estimate of drug-likeness (QED) is 0.352. The van der Waals surface area contributed by atoms with Crippen LogP contribution >= 0.6 is 77.4 Å². The molecule has 0 amide bonds. The smallest absolute Gasteiger partial charge is 0.246 e. The van der Waals surface area contributed by atoms with Crippen molar-refractivity contribution in [2.45, 2.75) is 13.6 Å². The van der Waals surface area contributed by atoms with Crippen LogP contribution in [0.3, 0.4) is 0 Å². The van der Waals surface area contributed by atoms with Crippen molar-refractivity contribution in [1.29, 1.82) is 0 Å². The number of phosphoric ester groups is 1. The lowest BCUT2D eigenvalue weighted by Crippen LogP contribution is -2.29. The van der Waals surface area contributed by atoms with Crippen LogP contribution in [0.5, 0.6) is 0 Å². The monoisotopic (exact) mass is 440 g/mol. The molecule has 0 radical (unpaired) electrons. The van der Waals surface area contributed by atoms with Crippen LogP contribution < -0.4 is 0 Å². The Morgan fingerprint density at radius 1 is 0.700 bits per heavy atom. The van der Waals surface area contributed by atoms with Gasteiger partial charge in [-0.15, -0.1) is 0 Å². The number of hydrogen-bond donors (Lipinski definition) is 0. The highest BCUT2D eigenvalue weighted by molar-refractivity contribution is 7.49. The molecule has 0 fully saturated rings. The van der Waals surface area contributed by atoms with E-state index < -0.39 is 41.4 Å². The van der Waals surface area contributed by atoms with Gasteiger partial charge in [0.2, 0.25) is 0 Å². The molecule has 0 N–H and O–H groups in total.